The lowest BCUT2D eigenvalue weighted by molar-refractivity contribution is 0.0699. The standard InChI is InChI=1S/C26H20N2O3/c1-16(2)31-21-10-8-19(9-11-21)18-4-6-20(7-5-18)25-14-23(26(29)30)22-13-17(15-27)3-12-24(22)28-25/h3-14,16H,1-2H3,(H,29,30). The fourth-order valence-corrected chi connectivity index (χ4v) is 3.45. The van der Waals surface area contributed by atoms with E-state index < -0.39 is 5.97 Å². The Balaban J connectivity index is 1.69. The first-order chi connectivity index (χ1) is 14.9. The predicted octanol–water partition coefficient (Wildman–Crippen LogP) is 5.93. The number of hydrogen-bond acceptors (Lipinski definition) is 4. The van der Waals surface area contributed by atoms with E-state index in [-0.39, 0.29) is 11.7 Å². The fourth-order valence-electron chi connectivity index (χ4n) is 3.45. The van der Waals surface area contributed by atoms with Gasteiger partial charge in [-0.1, -0.05) is 36.4 Å². The lowest BCUT2D eigenvalue weighted by Gasteiger charge is -2.11. The molecular weight excluding hydrogens is 388 g/mol. The van der Waals surface area contributed by atoms with E-state index in [0.29, 0.717) is 22.2 Å². The molecule has 0 bridgehead atoms. The summed E-state index contributed by atoms with van der Waals surface area (Å²) >= 11 is 0. The van der Waals surface area contributed by atoms with Gasteiger partial charge in [-0.3, -0.25) is 0 Å². The lowest BCUT2D eigenvalue weighted by atomic mass is 10.00. The first-order valence-corrected chi connectivity index (χ1v) is 9.90. The number of ether oxygens (including phenoxy) is 1. The molecule has 0 aliphatic heterocycles. The molecule has 0 aliphatic carbocycles. The maximum absolute atomic E-state index is 11.8. The molecule has 31 heavy (non-hydrogen) atoms. The average Bonchev–Trinajstić information content (AvgIpc) is 2.78. The quantitative estimate of drug-likeness (QED) is 0.443. The van der Waals surface area contributed by atoms with Crippen LogP contribution in [0.3, 0.4) is 0 Å². The molecule has 0 fully saturated rings. The number of rotatable bonds is 5. The number of benzene rings is 3. The Hall–Kier alpha value is -4.17. The molecule has 0 spiro atoms. The molecule has 0 aliphatic rings. The molecule has 4 rings (SSSR count). The third-order valence-corrected chi connectivity index (χ3v) is 4.91. The van der Waals surface area contributed by atoms with Crippen LogP contribution < -0.4 is 4.74 Å². The number of fused-ring (bicyclic) bond motifs is 1. The van der Waals surface area contributed by atoms with E-state index >= 15 is 0 Å². The van der Waals surface area contributed by atoms with Gasteiger partial charge in [0.2, 0.25) is 0 Å². The van der Waals surface area contributed by atoms with Crippen molar-refractivity contribution in [2.24, 2.45) is 0 Å². The number of carboxylic acids is 1. The molecule has 1 aromatic heterocycles. The second-order valence-corrected chi connectivity index (χ2v) is 7.47. The van der Waals surface area contributed by atoms with Crippen molar-refractivity contribution in [2.75, 3.05) is 0 Å². The smallest absolute Gasteiger partial charge is 0.336 e. The summed E-state index contributed by atoms with van der Waals surface area (Å²) in [4.78, 5) is 16.4. The SMILES string of the molecule is CC(C)Oc1ccc(-c2ccc(-c3cc(C(=O)O)c4cc(C#N)ccc4n3)cc2)cc1. The van der Waals surface area contributed by atoms with Crippen molar-refractivity contribution in [3.63, 3.8) is 0 Å². The van der Waals surface area contributed by atoms with Gasteiger partial charge in [-0.15, -0.1) is 0 Å². The second-order valence-electron chi connectivity index (χ2n) is 7.47. The molecule has 0 unspecified atom stereocenters. The molecule has 5 nitrogen and oxygen atoms in total. The van der Waals surface area contributed by atoms with Crippen LogP contribution in [0.2, 0.25) is 0 Å². The van der Waals surface area contributed by atoms with E-state index in [1.165, 1.54) is 0 Å². The summed E-state index contributed by atoms with van der Waals surface area (Å²) in [5.74, 6) is -0.222. The van der Waals surface area contributed by atoms with Gasteiger partial charge in [-0.2, -0.15) is 5.26 Å². The maximum atomic E-state index is 11.8. The summed E-state index contributed by atoms with van der Waals surface area (Å²) in [6.07, 6.45) is 0.127. The van der Waals surface area contributed by atoms with E-state index in [9.17, 15) is 9.90 Å². The highest BCUT2D eigenvalue weighted by atomic mass is 16.5. The minimum absolute atomic E-state index is 0.127. The molecule has 3 aromatic carbocycles. The second kappa shape index (κ2) is 8.29. The van der Waals surface area contributed by atoms with Gasteiger partial charge < -0.3 is 9.84 Å². The molecule has 4 aromatic rings. The van der Waals surface area contributed by atoms with Crippen LogP contribution in [0.25, 0.3) is 33.3 Å². The van der Waals surface area contributed by atoms with E-state index in [2.05, 4.69) is 4.98 Å². The molecule has 1 heterocycles. The molecule has 152 valence electrons. The molecule has 0 radical (unpaired) electrons. The van der Waals surface area contributed by atoms with Crippen molar-refractivity contribution in [2.45, 2.75) is 20.0 Å². The van der Waals surface area contributed by atoms with Gasteiger partial charge in [-0.05, 0) is 61.4 Å². The van der Waals surface area contributed by atoms with Crippen LogP contribution in [0, 0.1) is 11.3 Å². The van der Waals surface area contributed by atoms with Crippen molar-refractivity contribution in [1.29, 1.82) is 5.26 Å². The molecule has 5 heteroatoms. The number of nitrogens with zero attached hydrogens (tertiary/aromatic N) is 2. The third-order valence-electron chi connectivity index (χ3n) is 4.91. The summed E-state index contributed by atoms with van der Waals surface area (Å²) in [6, 6.07) is 24.2. The molecule has 0 saturated carbocycles. The summed E-state index contributed by atoms with van der Waals surface area (Å²) in [6.45, 7) is 3.98. The highest BCUT2D eigenvalue weighted by Gasteiger charge is 2.14. The minimum Gasteiger partial charge on any atom is -0.491 e. The van der Waals surface area contributed by atoms with Crippen LogP contribution in [0.15, 0.2) is 72.8 Å². The Kier molecular flexibility index (Phi) is 5.38. The van der Waals surface area contributed by atoms with Gasteiger partial charge in [-0.25, -0.2) is 9.78 Å². The first-order valence-electron chi connectivity index (χ1n) is 9.90. The zero-order valence-electron chi connectivity index (χ0n) is 17.2. The predicted molar refractivity (Wildman–Crippen MR) is 120 cm³/mol. The number of hydrogen-bond donors (Lipinski definition) is 1. The monoisotopic (exact) mass is 408 g/mol. The van der Waals surface area contributed by atoms with Crippen LogP contribution in [0.4, 0.5) is 0 Å². The van der Waals surface area contributed by atoms with Crippen LogP contribution in [0.5, 0.6) is 5.75 Å². The lowest BCUT2D eigenvalue weighted by Crippen LogP contribution is -2.05. The maximum Gasteiger partial charge on any atom is 0.336 e. The van der Waals surface area contributed by atoms with Crippen LogP contribution >= 0.6 is 0 Å². The van der Waals surface area contributed by atoms with Gasteiger partial charge in [0.05, 0.1) is 34.5 Å². The van der Waals surface area contributed by atoms with E-state index in [1.54, 1.807) is 24.3 Å². The van der Waals surface area contributed by atoms with Crippen molar-refractivity contribution in [3.8, 4) is 34.2 Å². The molecule has 1 N–H and O–H groups in total. The number of carboxylic acid groups (broad SMARTS) is 1. The average molecular weight is 408 g/mol. The number of aromatic carboxylic acids is 1. The highest BCUT2D eigenvalue weighted by Crippen LogP contribution is 2.29. The zero-order chi connectivity index (χ0) is 22.0. The van der Waals surface area contributed by atoms with Crippen LogP contribution in [0.1, 0.15) is 29.8 Å². The van der Waals surface area contributed by atoms with Crippen molar-refractivity contribution in [1.82, 2.24) is 4.98 Å². The van der Waals surface area contributed by atoms with Crippen molar-refractivity contribution < 1.29 is 14.6 Å². The number of nitriles is 1. The highest BCUT2D eigenvalue weighted by molar-refractivity contribution is 6.04. The Bertz CT molecular complexity index is 1300. The largest absolute Gasteiger partial charge is 0.491 e. The van der Waals surface area contributed by atoms with Crippen LogP contribution in [-0.2, 0) is 0 Å². The normalized spacial score (nSPS) is 10.8. The van der Waals surface area contributed by atoms with Gasteiger partial charge in [0, 0.05) is 10.9 Å². The molecule has 0 saturated heterocycles. The van der Waals surface area contributed by atoms with E-state index in [1.807, 2.05) is 68.4 Å². The Morgan fingerprint density at radius 3 is 2.13 bits per heavy atom. The molecule has 0 atom stereocenters. The van der Waals surface area contributed by atoms with Crippen molar-refractivity contribution >= 4 is 16.9 Å². The summed E-state index contributed by atoms with van der Waals surface area (Å²) < 4.78 is 5.69. The number of aromatic nitrogens is 1. The summed E-state index contributed by atoms with van der Waals surface area (Å²) in [5.41, 5.74) is 4.56. The minimum atomic E-state index is -1.05. The summed E-state index contributed by atoms with van der Waals surface area (Å²) in [7, 11) is 0. The number of carbonyl (C=O) groups is 1. The van der Waals surface area contributed by atoms with Crippen LogP contribution in [-0.4, -0.2) is 22.2 Å². The Morgan fingerprint density at radius 1 is 0.935 bits per heavy atom. The first kappa shape index (κ1) is 20.1. The Labute approximate surface area is 180 Å². The van der Waals surface area contributed by atoms with Gasteiger partial charge in [0.1, 0.15) is 5.75 Å². The van der Waals surface area contributed by atoms with Crippen molar-refractivity contribution in [3.05, 3.63) is 83.9 Å². The number of pyridine rings is 1. The van der Waals surface area contributed by atoms with Gasteiger partial charge in [0.15, 0.2) is 0 Å². The zero-order valence-corrected chi connectivity index (χ0v) is 17.2. The van der Waals surface area contributed by atoms with E-state index in [4.69, 9.17) is 10.00 Å². The summed E-state index contributed by atoms with van der Waals surface area (Å²) in [5, 5.41) is 19.2. The van der Waals surface area contributed by atoms with Gasteiger partial charge in [0.25, 0.3) is 0 Å². The van der Waals surface area contributed by atoms with E-state index in [0.717, 1.165) is 22.4 Å². The topological polar surface area (TPSA) is 83.2 Å². The molecular formula is C26H20N2O3. The van der Waals surface area contributed by atoms with Gasteiger partial charge >= 0.3 is 5.97 Å². The fraction of sp³-hybridized carbons (Fsp3) is 0.115. The third kappa shape index (κ3) is 4.24. The molecule has 0 amide bonds. The Morgan fingerprint density at radius 2 is 1.55 bits per heavy atom.